The summed E-state index contributed by atoms with van der Waals surface area (Å²) in [5.41, 5.74) is 6.09. The molecule has 4 rings (SSSR count). The number of aryl methyl sites for hydroxylation is 2. The van der Waals surface area contributed by atoms with Crippen molar-refractivity contribution in [2.75, 3.05) is 0 Å². The lowest BCUT2D eigenvalue weighted by atomic mass is 9.92. The van der Waals surface area contributed by atoms with Gasteiger partial charge in [-0.25, -0.2) is 9.67 Å². The molecule has 0 radical (unpaired) electrons. The van der Waals surface area contributed by atoms with E-state index in [1.54, 1.807) is 0 Å². The molecule has 0 aliphatic carbocycles. The number of carbonyl (C=O) groups is 1. The first-order valence-electron chi connectivity index (χ1n) is 13.5. The number of carbonyl (C=O) groups excluding carboxylic acids is 1. The molecule has 1 aromatic heterocycles. The molecular formula is C32H32F3N3O2S. The number of alkyl halides is 3. The third kappa shape index (κ3) is 8.82. The van der Waals surface area contributed by atoms with Gasteiger partial charge in [0, 0.05) is 29.7 Å². The van der Waals surface area contributed by atoms with Gasteiger partial charge in [-0.1, -0.05) is 68.0 Å². The second-order valence-electron chi connectivity index (χ2n) is 10.4. The Hall–Kier alpha value is -3.85. The average molecular weight is 580 g/mol. The van der Waals surface area contributed by atoms with Crippen LogP contribution in [0.3, 0.4) is 0 Å². The molecule has 0 spiro atoms. The predicted octanol–water partition coefficient (Wildman–Crippen LogP) is 8.16. The maximum Gasteiger partial charge on any atom is 0.573 e. The van der Waals surface area contributed by atoms with Crippen molar-refractivity contribution in [2.45, 2.75) is 65.2 Å². The van der Waals surface area contributed by atoms with Gasteiger partial charge in [0.1, 0.15) is 17.9 Å². The second kappa shape index (κ2) is 13.2. The minimum absolute atomic E-state index is 0.150. The van der Waals surface area contributed by atoms with Crippen LogP contribution in [0, 0.1) is 6.92 Å². The van der Waals surface area contributed by atoms with Crippen LogP contribution in [0.2, 0.25) is 0 Å². The van der Waals surface area contributed by atoms with Crippen LogP contribution >= 0.6 is 12.2 Å². The van der Waals surface area contributed by atoms with Crippen LogP contribution in [0.25, 0.3) is 17.1 Å². The fourth-order valence-electron chi connectivity index (χ4n) is 4.71. The van der Waals surface area contributed by atoms with Crippen LogP contribution in [-0.2, 0) is 17.6 Å². The van der Waals surface area contributed by atoms with Crippen LogP contribution in [0.15, 0.2) is 73.1 Å². The molecule has 0 aliphatic rings. The number of ketones is 1. The molecule has 0 atom stereocenters. The zero-order valence-corrected chi connectivity index (χ0v) is 24.1. The van der Waals surface area contributed by atoms with Crippen molar-refractivity contribution in [1.29, 1.82) is 0 Å². The molecule has 1 heterocycles. The Kier molecular flexibility index (Phi) is 9.70. The molecule has 9 heteroatoms. The van der Waals surface area contributed by atoms with Gasteiger partial charge in [-0.05, 0) is 72.7 Å². The van der Waals surface area contributed by atoms with Crippen molar-refractivity contribution >= 4 is 22.9 Å². The highest BCUT2D eigenvalue weighted by Crippen LogP contribution is 2.25. The van der Waals surface area contributed by atoms with Crippen molar-refractivity contribution in [3.05, 3.63) is 95.3 Å². The van der Waals surface area contributed by atoms with Crippen molar-refractivity contribution in [2.24, 2.45) is 0 Å². The molecule has 0 N–H and O–H groups in total. The van der Waals surface area contributed by atoms with Crippen LogP contribution in [-0.4, -0.2) is 31.8 Å². The lowest BCUT2D eigenvalue weighted by Gasteiger charge is -2.14. The number of Topliss-reactive ketones (excluding diaryl/α,β-unsaturated/α-hetero) is 1. The number of halogens is 3. The number of thiocarbonyl (C=S) groups is 1. The largest absolute Gasteiger partial charge is 0.573 e. The maximum absolute atomic E-state index is 12.7. The Bertz CT molecular complexity index is 1510. The van der Waals surface area contributed by atoms with E-state index in [4.69, 9.17) is 12.2 Å². The third-order valence-corrected chi connectivity index (χ3v) is 6.92. The molecule has 214 valence electrons. The van der Waals surface area contributed by atoms with Gasteiger partial charge < -0.3 is 4.74 Å². The van der Waals surface area contributed by atoms with Crippen LogP contribution in [0.1, 0.15) is 61.3 Å². The Balaban J connectivity index is 1.30. The summed E-state index contributed by atoms with van der Waals surface area (Å²) in [5.74, 6) is 0.732. The highest BCUT2D eigenvalue weighted by atomic mass is 32.1. The van der Waals surface area contributed by atoms with E-state index in [1.807, 2.05) is 24.3 Å². The van der Waals surface area contributed by atoms with Crippen LogP contribution in [0.4, 0.5) is 13.2 Å². The van der Waals surface area contributed by atoms with Gasteiger partial charge >= 0.3 is 6.36 Å². The molecule has 41 heavy (non-hydrogen) atoms. The van der Waals surface area contributed by atoms with Gasteiger partial charge in [0.05, 0.1) is 5.69 Å². The lowest BCUT2D eigenvalue weighted by molar-refractivity contribution is -0.274. The first kappa shape index (κ1) is 30.1. The van der Waals surface area contributed by atoms with E-state index in [0.717, 1.165) is 22.4 Å². The van der Waals surface area contributed by atoms with Gasteiger partial charge in [0.2, 0.25) is 0 Å². The van der Waals surface area contributed by atoms with Gasteiger partial charge in [-0.15, -0.1) is 18.3 Å². The SMILES string of the molecule is Cc1ccc(C(C)C)c(CC(=S)CC(=O)CCCc2cccc(-c3ncn(-c4ccc(OC(F)(F)F)cc4)n3)c2)c1. The summed E-state index contributed by atoms with van der Waals surface area (Å²) in [6, 6.07) is 19.6. The van der Waals surface area contributed by atoms with E-state index >= 15 is 0 Å². The standard InChI is InChI=1S/C32H32F3N3O2S/c1-21(2)30-15-10-22(3)16-25(30)18-29(41)19-27(39)9-5-7-23-6-4-8-24(17-23)31-36-20-38(37-31)26-11-13-28(14-12-26)40-32(33,34)35/h4,6,8,10-17,20-21H,5,7,9,18-19H2,1-3H3. The third-order valence-electron chi connectivity index (χ3n) is 6.64. The molecule has 0 aliphatic heterocycles. The highest BCUT2D eigenvalue weighted by molar-refractivity contribution is 7.80. The van der Waals surface area contributed by atoms with Gasteiger partial charge in [0.15, 0.2) is 5.82 Å². The molecule has 0 amide bonds. The molecule has 5 nitrogen and oxygen atoms in total. The number of ether oxygens (including phenoxy) is 1. The number of hydrogen-bond acceptors (Lipinski definition) is 5. The number of aromatic nitrogens is 3. The number of nitrogens with zero attached hydrogens (tertiary/aromatic N) is 3. The van der Waals surface area contributed by atoms with E-state index in [2.05, 4.69) is 53.8 Å². The highest BCUT2D eigenvalue weighted by Gasteiger charge is 2.31. The molecule has 3 aromatic carbocycles. The van der Waals surface area contributed by atoms with Crippen molar-refractivity contribution < 1.29 is 22.7 Å². The first-order chi connectivity index (χ1) is 19.5. The van der Waals surface area contributed by atoms with Crippen molar-refractivity contribution in [3.63, 3.8) is 0 Å². The lowest BCUT2D eigenvalue weighted by Crippen LogP contribution is -2.17. The molecule has 0 unspecified atom stereocenters. The van der Waals surface area contributed by atoms with Gasteiger partial charge in [-0.2, -0.15) is 0 Å². The Morgan fingerprint density at radius 1 is 1.05 bits per heavy atom. The summed E-state index contributed by atoms with van der Waals surface area (Å²) in [6.45, 7) is 6.40. The van der Waals surface area contributed by atoms with Crippen LogP contribution < -0.4 is 4.74 Å². The first-order valence-corrected chi connectivity index (χ1v) is 13.9. The molecule has 0 saturated heterocycles. The Morgan fingerprint density at radius 3 is 2.51 bits per heavy atom. The summed E-state index contributed by atoms with van der Waals surface area (Å²) in [7, 11) is 0. The molecule has 4 aromatic rings. The smallest absolute Gasteiger partial charge is 0.406 e. The van der Waals surface area contributed by atoms with E-state index < -0.39 is 6.36 Å². The second-order valence-corrected chi connectivity index (χ2v) is 11.0. The van der Waals surface area contributed by atoms with Crippen LogP contribution in [0.5, 0.6) is 5.75 Å². The summed E-state index contributed by atoms with van der Waals surface area (Å²) in [5, 5.41) is 4.47. The average Bonchev–Trinajstić information content (AvgIpc) is 3.39. The summed E-state index contributed by atoms with van der Waals surface area (Å²) >= 11 is 5.59. The number of hydrogen-bond donors (Lipinski definition) is 0. The number of rotatable bonds is 12. The van der Waals surface area contributed by atoms with E-state index in [-0.39, 0.29) is 11.5 Å². The summed E-state index contributed by atoms with van der Waals surface area (Å²) in [6.07, 6.45) is -0.397. The maximum atomic E-state index is 12.7. The van der Waals surface area contributed by atoms with E-state index in [9.17, 15) is 18.0 Å². The van der Waals surface area contributed by atoms with E-state index in [0.29, 0.717) is 43.1 Å². The fourth-order valence-corrected chi connectivity index (χ4v) is 5.03. The molecule has 0 fully saturated rings. The van der Waals surface area contributed by atoms with Crippen molar-refractivity contribution in [3.8, 4) is 22.8 Å². The zero-order chi connectivity index (χ0) is 29.6. The normalized spacial score (nSPS) is 11.6. The van der Waals surface area contributed by atoms with Gasteiger partial charge in [-0.3, -0.25) is 4.79 Å². The molecule has 0 saturated carbocycles. The monoisotopic (exact) mass is 579 g/mol. The molecular weight excluding hydrogens is 547 g/mol. The Labute approximate surface area is 243 Å². The topological polar surface area (TPSA) is 57.0 Å². The predicted molar refractivity (Wildman–Crippen MR) is 158 cm³/mol. The number of benzene rings is 3. The Morgan fingerprint density at radius 2 is 1.80 bits per heavy atom. The summed E-state index contributed by atoms with van der Waals surface area (Å²) in [4.78, 5) is 17.8. The summed E-state index contributed by atoms with van der Waals surface area (Å²) < 4.78 is 42.6. The van der Waals surface area contributed by atoms with E-state index in [1.165, 1.54) is 52.0 Å². The quantitative estimate of drug-likeness (QED) is 0.159. The minimum atomic E-state index is -4.74. The molecule has 0 bridgehead atoms. The van der Waals surface area contributed by atoms with Crippen molar-refractivity contribution in [1.82, 2.24) is 14.8 Å². The zero-order valence-electron chi connectivity index (χ0n) is 23.2. The minimum Gasteiger partial charge on any atom is -0.406 e. The van der Waals surface area contributed by atoms with Gasteiger partial charge in [0.25, 0.3) is 0 Å². The fraction of sp³-hybridized carbons (Fsp3) is 0.312.